The number of ether oxygens (including phenoxy) is 1. The third-order valence-corrected chi connectivity index (χ3v) is 13.8. The quantitative estimate of drug-likeness (QED) is 0.0554. The standard InChI is InChI=1S/C46H53N11O9/c1-9-24-19(2)27-17-32-35(23(6)58)21(4)29(49-32)15-28-20(3)25(39(50-28)37-38(44(64)66-8)41(60)36-22(5)30(51-40(36)37)16-31(24)48-27)12-13-34(59)47-14-10-11-26(43(62)63)52-42(61)33-18-57-45(53-33)54-55-56(7)46(57)65/h15,17-20,24-26,31,38,49,51H,9-14,16H2,1-8H3,(H,47,59)(H,52,61)(H,62,63)/b29-15?,32-17?,39-37-/t19-,20+,24-,25+,26?,31?,38?/m0/s1. The van der Waals surface area contributed by atoms with E-state index in [-0.39, 0.29) is 85.0 Å². The molecule has 0 aromatic carbocycles. The molecule has 4 aromatic rings. The number of carboxylic acid groups (broad SMARTS) is 1. The number of aryl methyl sites for hydroxylation is 1. The molecule has 0 saturated carbocycles. The molecule has 8 rings (SSSR count). The van der Waals surface area contributed by atoms with E-state index in [1.54, 1.807) is 6.92 Å². The van der Waals surface area contributed by atoms with E-state index in [0.29, 0.717) is 50.9 Å². The van der Waals surface area contributed by atoms with Crippen molar-refractivity contribution < 1.29 is 38.6 Å². The molecular weight excluding hydrogens is 851 g/mol. The fraction of sp³-hybridized carbons (Fsp3) is 0.478. The third kappa shape index (κ3) is 7.91. The van der Waals surface area contributed by atoms with Crippen LogP contribution in [0.5, 0.6) is 0 Å². The van der Waals surface area contributed by atoms with Gasteiger partial charge in [-0.3, -0.25) is 34.0 Å². The molecule has 66 heavy (non-hydrogen) atoms. The number of hydrogen-bond acceptors (Lipinski definition) is 13. The number of carbonyl (C=O) groups is 6. The van der Waals surface area contributed by atoms with Crippen molar-refractivity contribution in [1.82, 2.24) is 45.0 Å². The molecule has 4 aliphatic rings. The minimum absolute atomic E-state index is 0.0239. The Morgan fingerprint density at radius 3 is 2.47 bits per heavy atom. The number of amides is 2. The number of rotatable bonds is 13. The highest BCUT2D eigenvalue weighted by atomic mass is 16.5. The molecule has 7 atom stereocenters. The van der Waals surface area contributed by atoms with Crippen molar-refractivity contribution in [2.75, 3.05) is 13.7 Å². The SMILES string of the molecule is CC[C@@H]1C2Cc3[nH]c4c(c3C)C(=O)C(C(=O)OC)/C4=C3/N=C(C=c4[nH]c(c(C(C)=O)c4C)=CC(=N2)[C@H]1C)[C@H](C)[C@H]3CCC(=O)NCCCC(NC(=O)c1cn2c(=O)n(C)nnc2n1)C(=O)O. The highest BCUT2D eigenvalue weighted by Crippen LogP contribution is 2.48. The molecule has 7 heterocycles. The maximum atomic E-state index is 14.4. The van der Waals surface area contributed by atoms with E-state index in [9.17, 15) is 38.7 Å². The van der Waals surface area contributed by atoms with E-state index in [0.717, 1.165) is 44.2 Å². The number of methoxy groups -OCH3 is 1. The Balaban J connectivity index is 1.07. The number of aromatic amines is 2. The molecule has 4 aromatic heterocycles. The highest BCUT2D eigenvalue weighted by molar-refractivity contribution is 6.25. The summed E-state index contributed by atoms with van der Waals surface area (Å²) in [6.45, 7) is 11.7. The molecule has 346 valence electrons. The Hall–Kier alpha value is -7.12. The molecule has 5 N–H and O–H groups in total. The van der Waals surface area contributed by atoms with Crippen molar-refractivity contribution in [3.63, 3.8) is 0 Å². The lowest BCUT2D eigenvalue weighted by Crippen LogP contribution is -2.41. The first-order valence-electron chi connectivity index (χ1n) is 22.2. The Labute approximate surface area is 377 Å². The second kappa shape index (κ2) is 17.7. The summed E-state index contributed by atoms with van der Waals surface area (Å²) in [6, 6.07) is -1.44. The van der Waals surface area contributed by atoms with E-state index >= 15 is 0 Å². The number of esters is 1. The summed E-state index contributed by atoms with van der Waals surface area (Å²) < 4.78 is 7.22. The van der Waals surface area contributed by atoms with Gasteiger partial charge < -0.3 is 30.4 Å². The number of aliphatic carboxylic acids is 1. The molecule has 20 heteroatoms. The van der Waals surface area contributed by atoms with Crippen LogP contribution in [-0.4, -0.2) is 112 Å². The van der Waals surface area contributed by atoms with Gasteiger partial charge in [0.05, 0.1) is 29.9 Å². The number of aromatic nitrogens is 7. The van der Waals surface area contributed by atoms with E-state index in [4.69, 9.17) is 14.7 Å². The number of H-pyrrole nitrogens is 2. The van der Waals surface area contributed by atoms with Gasteiger partial charge in [0.15, 0.2) is 11.6 Å². The molecule has 0 spiro atoms. The van der Waals surface area contributed by atoms with Gasteiger partial charge >= 0.3 is 17.6 Å². The molecule has 0 fully saturated rings. The first-order valence-corrected chi connectivity index (χ1v) is 22.2. The number of hydrogen-bond donors (Lipinski definition) is 5. The predicted octanol–water partition coefficient (Wildman–Crippen LogP) is 1.56. The van der Waals surface area contributed by atoms with Gasteiger partial charge in [0.2, 0.25) is 5.91 Å². The number of aliphatic imine (C=N–C) groups is 2. The zero-order valence-electron chi connectivity index (χ0n) is 38.1. The number of ketones is 2. The van der Waals surface area contributed by atoms with Gasteiger partial charge in [0, 0.05) is 89.6 Å². The van der Waals surface area contributed by atoms with Crippen LogP contribution in [0.15, 0.2) is 26.7 Å². The minimum Gasteiger partial charge on any atom is -0.480 e. The summed E-state index contributed by atoms with van der Waals surface area (Å²) in [6.07, 6.45) is 6.88. The molecule has 2 amide bonds. The van der Waals surface area contributed by atoms with Crippen molar-refractivity contribution in [2.45, 2.75) is 92.2 Å². The Kier molecular flexibility index (Phi) is 12.2. The summed E-state index contributed by atoms with van der Waals surface area (Å²) >= 11 is 0. The van der Waals surface area contributed by atoms with Gasteiger partial charge in [-0.25, -0.2) is 19.0 Å². The molecule has 1 aliphatic carbocycles. The lowest BCUT2D eigenvalue weighted by molar-refractivity contribution is -0.142. The lowest BCUT2D eigenvalue weighted by Gasteiger charge is -2.21. The normalized spacial score (nSPS) is 23.5. The van der Waals surface area contributed by atoms with Crippen molar-refractivity contribution in [1.29, 1.82) is 0 Å². The Morgan fingerprint density at radius 2 is 1.77 bits per heavy atom. The fourth-order valence-corrected chi connectivity index (χ4v) is 10.2. The molecule has 3 unspecified atom stereocenters. The number of nitrogens with zero attached hydrogens (tertiary/aromatic N) is 7. The summed E-state index contributed by atoms with van der Waals surface area (Å²) in [7, 11) is 2.62. The molecule has 0 saturated heterocycles. The zero-order valence-corrected chi connectivity index (χ0v) is 38.1. The van der Waals surface area contributed by atoms with Crippen LogP contribution < -0.4 is 27.0 Å². The summed E-state index contributed by atoms with van der Waals surface area (Å²) in [5.74, 6) is -5.48. The van der Waals surface area contributed by atoms with Gasteiger partial charge in [0.1, 0.15) is 17.7 Å². The maximum absolute atomic E-state index is 14.4. The van der Waals surface area contributed by atoms with Crippen LogP contribution in [0.2, 0.25) is 0 Å². The summed E-state index contributed by atoms with van der Waals surface area (Å²) in [5, 5.41) is 23.9. The van der Waals surface area contributed by atoms with E-state index in [1.165, 1.54) is 14.2 Å². The minimum atomic E-state index is -1.32. The topological polar surface area (TPSA) is 277 Å². The first kappa shape index (κ1) is 45.4. The number of nitrogens with one attached hydrogen (secondary N) is 4. The number of fused-ring (bicyclic) bond motifs is 6. The summed E-state index contributed by atoms with van der Waals surface area (Å²) in [5.41, 5.74) is 5.44. The van der Waals surface area contributed by atoms with E-state index < -0.39 is 41.4 Å². The molecule has 3 aliphatic heterocycles. The average Bonchev–Trinajstić information content (AvgIpc) is 4.11. The number of Topliss-reactive ketones (excluding diaryl/α,β-unsaturated/α-hetero) is 2. The largest absolute Gasteiger partial charge is 0.480 e. The van der Waals surface area contributed by atoms with Gasteiger partial charge in [-0.1, -0.05) is 37.5 Å². The van der Waals surface area contributed by atoms with Crippen molar-refractivity contribution in [3.05, 3.63) is 72.4 Å². The van der Waals surface area contributed by atoms with E-state index in [2.05, 4.69) is 49.7 Å². The molecule has 8 bridgehead atoms. The second-order valence-corrected chi connectivity index (χ2v) is 17.7. The Morgan fingerprint density at radius 1 is 1.03 bits per heavy atom. The van der Waals surface area contributed by atoms with Crippen LogP contribution in [0.1, 0.15) is 114 Å². The van der Waals surface area contributed by atoms with Crippen LogP contribution in [-0.2, 0) is 32.6 Å². The second-order valence-electron chi connectivity index (χ2n) is 17.7. The highest BCUT2D eigenvalue weighted by Gasteiger charge is 2.49. The van der Waals surface area contributed by atoms with E-state index in [1.807, 2.05) is 32.9 Å². The molecule has 20 nitrogen and oxygen atoms in total. The Bertz CT molecular complexity index is 3040. The molecular formula is C46H53N11O9. The first-order chi connectivity index (χ1) is 31.4. The van der Waals surface area contributed by atoms with Crippen LogP contribution in [0.3, 0.4) is 0 Å². The fourth-order valence-electron chi connectivity index (χ4n) is 10.2. The van der Waals surface area contributed by atoms with Crippen LogP contribution in [0.25, 0.3) is 23.5 Å². The van der Waals surface area contributed by atoms with Gasteiger partial charge in [0.25, 0.3) is 11.7 Å². The lowest BCUT2D eigenvalue weighted by atomic mass is 9.83. The number of carbonyl (C=O) groups excluding carboxylic acids is 5. The van der Waals surface area contributed by atoms with Crippen molar-refractivity contribution in [2.24, 2.45) is 46.6 Å². The summed E-state index contributed by atoms with van der Waals surface area (Å²) in [4.78, 5) is 114. The average molecular weight is 904 g/mol. The van der Waals surface area contributed by atoms with Crippen LogP contribution in [0.4, 0.5) is 0 Å². The monoisotopic (exact) mass is 903 g/mol. The van der Waals surface area contributed by atoms with Gasteiger partial charge in [-0.05, 0) is 69.2 Å². The number of carboxylic acids is 1. The predicted molar refractivity (Wildman–Crippen MR) is 240 cm³/mol. The third-order valence-electron chi connectivity index (χ3n) is 13.8. The van der Waals surface area contributed by atoms with Crippen molar-refractivity contribution >= 4 is 70.2 Å². The number of imidazole rings is 1. The smallest absolute Gasteiger partial charge is 0.352 e. The molecule has 0 radical (unpaired) electrons. The van der Waals surface area contributed by atoms with Gasteiger partial charge in [-0.15, -0.1) is 0 Å². The number of allylic oxidation sites excluding steroid dienone is 1. The maximum Gasteiger partial charge on any atom is 0.352 e. The van der Waals surface area contributed by atoms with Crippen LogP contribution >= 0.6 is 0 Å². The van der Waals surface area contributed by atoms with Gasteiger partial charge in [-0.2, -0.15) is 4.68 Å². The van der Waals surface area contributed by atoms with Crippen LogP contribution in [0, 0.1) is 43.4 Å². The zero-order chi connectivity index (χ0) is 47.5. The van der Waals surface area contributed by atoms with Crippen molar-refractivity contribution in [3.8, 4) is 0 Å².